The number of nitrogens with one attached hydrogen (secondary N) is 2. The van der Waals surface area contributed by atoms with E-state index in [1.807, 2.05) is 0 Å². The first-order valence-electron chi connectivity index (χ1n) is 5.46. The van der Waals surface area contributed by atoms with Crippen LogP contribution in [0.2, 0.25) is 0 Å². The molecule has 0 heterocycles. The summed E-state index contributed by atoms with van der Waals surface area (Å²) < 4.78 is 4.77. The van der Waals surface area contributed by atoms with Gasteiger partial charge in [0, 0.05) is 19.2 Å². The van der Waals surface area contributed by atoms with Gasteiger partial charge in [0.1, 0.15) is 5.75 Å². The minimum absolute atomic E-state index is 0.0869. The number of carbonyl (C=O) groups is 2. The molecule has 18 heavy (non-hydrogen) atoms. The fourth-order valence-corrected chi connectivity index (χ4v) is 1.23. The molecule has 1 aromatic carbocycles. The number of phenols is 1. The zero-order valence-electron chi connectivity index (χ0n) is 10.1. The van der Waals surface area contributed by atoms with E-state index in [9.17, 15) is 9.59 Å². The van der Waals surface area contributed by atoms with E-state index in [1.54, 1.807) is 7.11 Å². The number of methoxy groups -OCH3 is 1. The average molecular weight is 252 g/mol. The van der Waals surface area contributed by atoms with E-state index in [-0.39, 0.29) is 24.1 Å². The summed E-state index contributed by atoms with van der Waals surface area (Å²) in [6.07, 6.45) is 0. The van der Waals surface area contributed by atoms with Crippen molar-refractivity contribution in [2.24, 2.45) is 0 Å². The Kier molecular flexibility index (Phi) is 5.66. The molecule has 98 valence electrons. The molecule has 0 aliphatic heterocycles. The number of aromatic hydroxyl groups is 1. The third-order valence-electron chi connectivity index (χ3n) is 2.17. The van der Waals surface area contributed by atoms with Crippen LogP contribution in [-0.4, -0.2) is 43.7 Å². The SMILES string of the molecule is COCCNC(=O)CNC(=O)c1ccc(O)cc1. The standard InChI is InChI=1S/C12H16N2O4/c1-18-7-6-13-11(16)8-14-12(17)9-2-4-10(15)5-3-9/h2-5,15H,6-8H2,1H3,(H,13,16)(H,14,17). The molecule has 1 rings (SSSR count). The van der Waals surface area contributed by atoms with Crippen LogP contribution in [0.3, 0.4) is 0 Å². The van der Waals surface area contributed by atoms with Gasteiger partial charge in [-0.05, 0) is 24.3 Å². The lowest BCUT2D eigenvalue weighted by Crippen LogP contribution is -2.38. The Morgan fingerprint density at radius 2 is 1.89 bits per heavy atom. The zero-order chi connectivity index (χ0) is 13.4. The van der Waals surface area contributed by atoms with Gasteiger partial charge in [0.2, 0.25) is 5.91 Å². The molecule has 6 heteroatoms. The number of amides is 2. The second-order valence-corrected chi connectivity index (χ2v) is 3.57. The van der Waals surface area contributed by atoms with Gasteiger partial charge >= 0.3 is 0 Å². The fraction of sp³-hybridized carbons (Fsp3) is 0.333. The van der Waals surface area contributed by atoms with Gasteiger partial charge in [-0.1, -0.05) is 0 Å². The fourth-order valence-electron chi connectivity index (χ4n) is 1.23. The van der Waals surface area contributed by atoms with Crippen molar-refractivity contribution >= 4 is 11.8 Å². The molecule has 0 aliphatic rings. The number of phenolic OH excluding ortho intramolecular Hbond substituents is 1. The summed E-state index contributed by atoms with van der Waals surface area (Å²) in [6, 6.07) is 5.78. The van der Waals surface area contributed by atoms with Crippen molar-refractivity contribution in [3.8, 4) is 5.75 Å². The zero-order valence-corrected chi connectivity index (χ0v) is 10.1. The second kappa shape index (κ2) is 7.29. The Bertz CT molecular complexity index is 403. The van der Waals surface area contributed by atoms with Crippen LogP contribution in [0.1, 0.15) is 10.4 Å². The molecule has 0 saturated heterocycles. The lowest BCUT2D eigenvalue weighted by Gasteiger charge is -2.06. The molecule has 0 bridgehead atoms. The van der Waals surface area contributed by atoms with Crippen molar-refractivity contribution in [1.29, 1.82) is 0 Å². The normalized spacial score (nSPS) is 9.83. The lowest BCUT2D eigenvalue weighted by atomic mass is 10.2. The quantitative estimate of drug-likeness (QED) is 0.616. The van der Waals surface area contributed by atoms with Crippen LogP contribution in [0.15, 0.2) is 24.3 Å². The molecular weight excluding hydrogens is 236 g/mol. The number of rotatable bonds is 6. The molecular formula is C12H16N2O4. The third-order valence-corrected chi connectivity index (χ3v) is 2.17. The summed E-state index contributed by atoms with van der Waals surface area (Å²) in [6.45, 7) is 0.742. The highest BCUT2D eigenvalue weighted by atomic mass is 16.5. The van der Waals surface area contributed by atoms with E-state index in [2.05, 4.69) is 10.6 Å². The van der Waals surface area contributed by atoms with Gasteiger partial charge < -0.3 is 20.5 Å². The molecule has 0 saturated carbocycles. The van der Waals surface area contributed by atoms with E-state index in [0.29, 0.717) is 18.7 Å². The topological polar surface area (TPSA) is 87.7 Å². The Hall–Kier alpha value is -2.08. The molecule has 1 aromatic rings. The van der Waals surface area contributed by atoms with Gasteiger partial charge in [0.15, 0.2) is 0 Å². The first-order valence-corrected chi connectivity index (χ1v) is 5.46. The molecule has 0 fully saturated rings. The van der Waals surface area contributed by atoms with Crippen molar-refractivity contribution in [1.82, 2.24) is 10.6 Å². The van der Waals surface area contributed by atoms with Crippen LogP contribution < -0.4 is 10.6 Å². The summed E-state index contributed by atoms with van der Waals surface area (Å²) >= 11 is 0. The van der Waals surface area contributed by atoms with Gasteiger partial charge in [0.05, 0.1) is 13.2 Å². The summed E-state index contributed by atoms with van der Waals surface area (Å²) in [5.74, 6) is -0.556. The van der Waals surface area contributed by atoms with E-state index in [1.165, 1.54) is 24.3 Å². The van der Waals surface area contributed by atoms with Gasteiger partial charge in [-0.2, -0.15) is 0 Å². The largest absolute Gasteiger partial charge is 0.508 e. The first kappa shape index (κ1) is 14.0. The number of benzene rings is 1. The number of hydrogen-bond donors (Lipinski definition) is 3. The van der Waals surface area contributed by atoms with E-state index < -0.39 is 0 Å². The lowest BCUT2D eigenvalue weighted by molar-refractivity contribution is -0.120. The van der Waals surface area contributed by atoms with Crippen LogP contribution in [0, 0.1) is 0 Å². The number of carbonyl (C=O) groups excluding carboxylic acids is 2. The van der Waals surface area contributed by atoms with Crippen molar-refractivity contribution in [2.75, 3.05) is 26.8 Å². The molecule has 2 amide bonds. The van der Waals surface area contributed by atoms with Crippen LogP contribution >= 0.6 is 0 Å². The highest BCUT2D eigenvalue weighted by molar-refractivity contribution is 5.96. The minimum atomic E-state index is -0.364. The van der Waals surface area contributed by atoms with Crippen LogP contribution in [0.5, 0.6) is 5.75 Å². The van der Waals surface area contributed by atoms with Gasteiger partial charge in [-0.25, -0.2) is 0 Å². The molecule has 0 aromatic heterocycles. The number of ether oxygens (including phenoxy) is 1. The van der Waals surface area contributed by atoms with Crippen molar-refractivity contribution < 1.29 is 19.4 Å². The van der Waals surface area contributed by atoms with Crippen molar-refractivity contribution in [2.45, 2.75) is 0 Å². The van der Waals surface area contributed by atoms with Crippen LogP contribution in [0.4, 0.5) is 0 Å². The maximum Gasteiger partial charge on any atom is 0.251 e. The highest BCUT2D eigenvalue weighted by Crippen LogP contribution is 2.09. The first-order chi connectivity index (χ1) is 8.63. The summed E-state index contributed by atoms with van der Waals surface area (Å²) in [5.41, 5.74) is 0.387. The maximum atomic E-state index is 11.6. The monoisotopic (exact) mass is 252 g/mol. The molecule has 6 nitrogen and oxygen atoms in total. The Morgan fingerprint density at radius 1 is 1.22 bits per heavy atom. The van der Waals surface area contributed by atoms with Crippen LogP contribution in [0.25, 0.3) is 0 Å². The average Bonchev–Trinajstić information content (AvgIpc) is 2.37. The van der Waals surface area contributed by atoms with E-state index >= 15 is 0 Å². The molecule has 0 aliphatic carbocycles. The maximum absolute atomic E-state index is 11.6. The third kappa shape index (κ3) is 4.84. The minimum Gasteiger partial charge on any atom is -0.508 e. The molecule has 3 N–H and O–H groups in total. The second-order valence-electron chi connectivity index (χ2n) is 3.57. The number of hydrogen-bond acceptors (Lipinski definition) is 4. The predicted octanol–water partition coefficient (Wildman–Crippen LogP) is -0.115. The van der Waals surface area contributed by atoms with E-state index in [4.69, 9.17) is 9.84 Å². The van der Waals surface area contributed by atoms with Gasteiger partial charge in [-0.3, -0.25) is 9.59 Å². The molecule has 0 atom stereocenters. The smallest absolute Gasteiger partial charge is 0.251 e. The van der Waals surface area contributed by atoms with Crippen LogP contribution in [-0.2, 0) is 9.53 Å². The highest BCUT2D eigenvalue weighted by Gasteiger charge is 2.07. The molecule has 0 unspecified atom stereocenters. The van der Waals surface area contributed by atoms with Crippen molar-refractivity contribution in [3.63, 3.8) is 0 Å². The molecule has 0 radical (unpaired) electrons. The summed E-state index contributed by atoms with van der Waals surface area (Å²) in [7, 11) is 1.54. The van der Waals surface area contributed by atoms with Gasteiger partial charge in [-0.15, -0.1) is 0 Å². The Morgan fingerprint density at radius 3 is 2.50 bits per heavy atom. The van der Waals surface area contributed by atoms with Crippen molar-refractivity contribution in [3.05, 3.63) is 29.8 Å². The summed E-state index contributed by atoms with van der Waals surface area (Å²) in [4.78, 5) is 22.9. The van der Waals surface area contributed by atoms with Gasteiger partial charge in [0.25, 0.3) is 5.91 Å². The molecule has 0 spiro atoms. The Balaban J connectivity index is 2.32. The Labute approximate surface area is 105 Å². The predicted molar refractivity (Wildman–Crippen MR) is 65.3 cm³/mol. The summed E-state index contributed by atoms with van der Waals surface area (Å²) in [5, 5.41) is 14.1. The van der Waals surface area contributed by atoms with E-state index in [0.717, 1.165) is 0 Å².